The first-order chi connectivity index (χ1) is 18.7. The molecule has 1 N–H and O–H groups in total. The predicted molar refractivity (Wildman–Crippen MR) is 155 cm³/mol. The number of benzene rings is 3. The summed E-state index contributed by atoms with van der Waals surface area (Å²) < 4.78 is 11.5. The Morgan fingerprint density at radius 2 is 1.74 bits per heavy atom. The van der Waals surface area contributed by atoms with Crippen LogP contribution >= 0.6 is 23.4 Å². The number of nitrogens with zero attached hydrogens (tertiary/aromatic N) is 1. The molecule has 4 rings (SSSR count). The van der Waals surface area contributed by atoms with Crippen molar-refractivity contribution in [2.24, 2.45) is 0 Å². The molecule has 0 bridgehead atoms. The second-order valence-corrected chi connectivity index (χ2v) is 10.7. The molecule has 3 aromatic rings. The van der Waals surface area contributed by atoms with Crippen LogP contribution in [0.2, 0.25) is 5.02 Å². The number of rotatable bonds is 10. The molecular formula is C30H29ClN2O5S. The second-order valence-electron chi connectivity index (χ2n) is 9.29. The van der Waals surface area contributed by atoms with E-state index in [1.54, 1.807) is 54.6 Å². The fraction of sp³-hybridized carbons (Fsp3) is 0.233. The van der Waals surface area contributed by atoms with Gasteiger partial charge in [-0.2, -0.15) is 0 Å². The van der Waals surface area contributed by atoms with Crippen LogP contribution in [0.25, 0.3) is 6.08 Å². The van der Waals surface area contributed by atoms with Gasteiger partial charge < -0.3 is 14.8 Å². The van der Waals surface area contributed by atoms with E-state index in [4.69, 9.17) is 21.1 Å². The van der Waals surface area contributed by atoms with Crippen LogP contribution in [0.1, 0.15) is 36.5 Å². The maximum Gasteiger partial charge on any atom is 0.293 e. The van der Waals surface area contributed by atoms with Crippen LogP contribution in [-0.4, -0.2) is 41.7 Å². The number of amides is 3. The lowest BCUT2D eigenvalue weighted by Gasteiger charge is -2.17. The van der Waals surface area contributed by atoms with Gasteiger partial charge in [0.1, 0.15) is 18.1 Å². The molecule has 7 nitrogen and oxygen atoms in total. The zero-order valence-corrected chi connectivity index (χ0v) is 23.5. The highest BCUT2D eigenvalue weighted by Crippen LogP contribution is 2.33. The molecule has 1 aliphatic rings. The molecule has 39 heavy (non-hydrogen) atoms. The summed E-state index contributed by atoms with van der Waals surface area (Å²) in [6, 6.07) is 19.8. The Kier molecular flexibility index (Phi) is 9.32. The quantitative estimate of drug-likeness (QED) is 0.269. The van der Waals surface area contributed by atoms with Gasteiger partial charge in [0, 0.05) is 10.7 Å². The monoisotopic (exact) mass is 564 g/mol. The van der Waals surface area contributed by atoms with Crippen LogP contribution in [0.15, 0.2) is 71.6 Å². The number of ether oxygens (including phenoxy) is 2. The van der Waals surface area contributed by atoms with Crippen molar-refractivity contribution < 1.29 is 23.9 Å². The Balaban J connectivity index is 1.29. The van der Waals surface area contributed by atoms with E-state index in [9.17, 15) is 14.4 Å². The lowest BCUT2D eigenvalue weighted by Crippen LogP contribution is -2.32. The van der Waals surface area contributed by atoms with Crippen molar-refractivity contribution in [3.8, 4) is 11.5 Å². The summed E-state index contributed by atoms with van der Waals surface area (Å²) in [5.74, 6) is 0.921. The number of carbonyl (C=O) groups is 3. The fourth-order valence-electron chi connectivity index (χ4n) is 3.87. The molecule has 0 aromatic heterocycles. The third kappa shape index (κ3) is 7.65. The Morgan fingerprint density at radius 3 is 2.44 bits per heavy atom. The van der Waals surface area contributed by atoms with E-state index in [1.807, 2.05) is 25.1 Å². The van der Waals surface area contributed by atoms with E-state index < -0.39 is 0 Å². The van der Waals surface area contributed by atoms with Crippen molar-refractivity contribution in [2.45, 2.75) is 26.7 Å². The van der Waals surface area contributed by atoms with Crippen LogP contribution in [-0.2, 0) is 9.59 Å². The van der Waals surface area contributed by atoms with Gasteiger partial charge in [-0.25, -0.2) is 0 Å². The minimum atomic E-state index is -0.346. The predicted octanol–water partition coefficient (Wildman–Crippen LogP) is 6.90. The normalized spacial score (nSPS) is 14.3. The van der Waals surface area contributed by atoms with Gasteiger partial charge in [-0.15, -0.1) is 0 Å². The number of aryl methyl sites for hydroxylation is 1. The average molecular weight is 565 g/mol. The molecule has 1 saturated heterocycles. The Bertz CT molecular complexity index is 1390. The van der Waals surface area contributed by atoms with Gasteiger partial charge >= 0.3 is 0 Å². The number of hydrogen-bond donors (Lipinski definition) is 1. The van der Waals surface area contributed by atoms with Crippen molar-refractivity contribution in [3.63, 3.8) is 0 Å². The van der Waals surface area contributed by atoms with E-state index >= 15 is 0 Å². The van der Waals surface area contributed by atoms with Gasteiger partial charge in [0.2, 0.25) is 0 Å². The largest absolute Gasteiger partial charge is 0.491 e. The first-order valence-corrected chi connectivity index (χ1v) is 13.7. The summed E-state index contributed by atoms with van der Waals surface area (Å²) in [6.07, 6.45) is 1.67. The zero-order valence-electron chi connectivity index (χ0n) is 21.9. The third-order valence-electron chi connectivity index (χ3n) is 5.91. The van der Waals surface area contributed by atoms with Gasteiger partial charge in [0.05, 0.1) is 11.4 Å². The summed E-state index contributed by atoms with van der Waals surface area (Å²) in [4.78, 5) is 39.1. The summed E-state index contributed by atoms with van der Waals surface area (Å²) in [5, 5.41) is 2.99. The van der Waals surface area contributed by atoms with E-state index in [0.717, 1.165) is 34.2 Å². The van der Waals surface area contributed by atoms with Crippen molar-refractivity contribution in [1.82, 2.24) is 4.90 Å². The number of thioether (sulfide) groups is 1. The molecule has 1 aliphatic heterocycles. The van der Waals surface area contributed by atoms with E-state index in [0.29, 0.717) is 27.3 Å². The molecular weight excluding hydrogens is 536 g/mol. The Morgan fingerprint density at radius 1 is 1.03 bits per heavy atom. The molecule has 9 heteroatoms. The molecule has 0 radical (unpaired) electrons. The van der Waals surface area contributed by atoms with Crippen LogP contribution in [0.3, 0.4) is 0 Å². The molecule has 3 amide bonds. The van der Waals surface area contributed by atoms with Crippen LogP contribution in [0.4, 0.5) is 10.5 Å². The van der Waals surface area contributed by atoms with E-state index in [2.05, 4.69) is 19.2 Å². The van der Waals surface area contributed by atoms with Crippen molar-refractivity contribution in [2.75, 3.05) is 25.1 Å². The molecule has 0 aliphatic carbocycles. The summed E-state index contributed by atoms with van der Waals surface area (Å²) in [5.41, 5.74) is 3.53. The molecule has 0 spiro atoms. The Labute approximate surface area is 237 Å². The number of carbonyl (C=O) groups excluding carboxylic acids is 3. The summed E-state index contributed by atoms with van der Waals surface area (Å²) in [7, 11) is 0. The van der Waals surface area contributed by atoms with Crippen LogP contribution in [0.5, 0.6) is 11.5 Å². The molecule has 1 fully saturated rings. The van der Waals surface area contributed by atoms with Crippen LogP contribution in [0, 0.1) is 6.92 Å². The highest BCUT2D eigenvalue weighted by Gasteiger charge is 2.34. The number of halogens is 1. The van der Waals surface area contributed by atoms with Crippen molar-refractivity contribution in [3.05, 3.63) is 93.3 Å². The topological polar surface area (TPSA) is 84.9 Å². The van der Waals surface area contributed by atoms with Crippen molar-refractivity contribution >= 4 is 52.2 Å². The summed E-state index contributed by atoms with van der Waals surface area (Å²) >= 11 is 6.76. The van der Waals surface area contributed by atoms with Gasteiger partial charge in [-0.05, 0) is 89.8 Å². The van der Waals surface area contributed by atoms with E-state index in [-0.39, 0.29) is 36.8 Å². The fourth-order valence-corrected chi connectivity index (χ4v) is 4.87. The number of nitrogens with one attached hydrogen (secondary N) is 1. The number of imide groups is 1. The average Bonchev–Trinajstić information content (AvgIpc) is 3.17. The second kappa shape index (κ2) is 12.9. The summed E-state index contributed by atoms with van der Waals surface area (Å²) in [6.45, 7) is 6.40. The molecule has 3 aromatic carbocycles. The van der Waals surface area contributed by atoms with Gasteiger partial charge in [0.25, 0.3) is 17.1 Å². The maximum atomic E-state index is 12.9. The molecule has 202 valence electrons. The van der Waals surface area contributed by atoms with Crippen LogP contribution < -0.4 is 14.8 Å². The lowest BCUT2D eigenvalue weighted by molar-refractivity contribution is -0.123. The van der Waals surface area contributed by atoms with E-state index in [1.165, 1.54) is 4.90 Å². The molecule has 0 atom stereocenters. The SMILES string of the molecule is Cc1ccc(C(C)C)c(OCCN2C(=O)S/C(=C\c3ccc(OCC(=O)Nc4ccc(Cl)cc4)cc3)C2=O)c1. The van der Waals surface area contributed by atoms with Crippen molar-refractivity contribution in [1.29, 1.82) is 0 Å². The minimum Gasteiger partial charge on any atom is -0.491 e. The first-order valence-electron chi connectivity index (χ1n) is 12.5. The third-order valence-corrected chi connectivity index (χ3v) is 7.07. The minimum absolute atomic E-state index is 0.163. The maximum absolute atomic E-state index is 12.9. The standard InChI is InChI=1S/C30H29ClN2O5S/c1-19(2)25-13-4-20(3)16-26(25)37-15-14-33-29(35)27(39-30(33)36)17-21-5-11-24(12-6-21)38-18-28(34)32-23-9-7-22(31)8-10-23/h4-13,16-17,19H,14-15,18H2,1-3H3,(H,32,34)/b27-17-. The first kappa shape index (κ1) is 28.3. The Hall–Kier alpha value is -3.75. The van der Waals surface area contributed by atoms with Gasteiger partial charge in [-0.1, -0.05) is 49.7 Å². The lowest BCUT2D eigenvalue weighted by atomic mass is 10.0. The highest BCUT2D eigenvalue weighted by molar-refractivity contribution is 8.18. The molecule has 0 unspecified atom stereocenters. The van der Waals surface area contributed by atoms with Gasteiger partial charge in [-0.3, -0.25) is 19.3 Å². The smallest absolute Gasteiger partial charge is 0.293 e. The zero-order chi connectivity index (χ0) is 27.9. The number of hydrogen-bond acceptors (Lipinski definition) is 6. The highest BCUT2D eigenvalue weighted by atomic mass is 35.5. The van der Waals surface area contributed by atoms with Gasteiger partial charge in [0.15, 0.2) is 6.61 Å². The molecule has 0 saturated carbocycles. The molecule has 1 heterocycles. The number of anilines is 1.